The molecular formula is C6H12N2. The van der Waals surface area contributed by atoms with Crippen LogP contribution in [0.3, 0.4) is 0 Å². The van der Waals surface area contributed by atoms with Crippen molar-refractivity contribution in [2.75, 3.05) is 0 Å². The maximum atomic E-state index is 3.62. The fraction of sp³-hybridized carbons (Fsp3) is 0.333. The second-order valence-corrected chi connectivity index (χ2v) is 1.55. The van der Waals surface area contributed by atoms with Crippen LogP contribution in [0, 0.1) is 0 Å². The van der Waals surface area contributed by atoms with E-state index in [-0.39, 0.29) is 0 Å². The smallest absolute Gasteiger partial charge is 0.0211 e. The topological polar surface area (TPSA) is 24.1 Å². The van der Waals surface area contributed by atoms with Crippen molar-refractivity contribution >= 4 is 0 Å². The van der Waals surface area contributed by atoms with Crippen LogP contribution in [-0.2, 0) is 0 Å². The normalized spacial score (nSPS) is 9.25. The van der Waals surface area contributed by atoms with Gasteiger partial charge in [0.1, 0.15) is 0 Å². The van der Waals surface area contributed by atoms with Crippen molar-refractivity contribution in [1.29, 1.82) is 0 Å². The zero-order valence-electron chi connectivity index (χ0n) is 5.36. The Balaban J connectivity index is 3.05. The van der Waals surface area contributed by atoms with Crippen molar-refractivity contribution in [3.05, 3.63) is 24.6 Å². The highest BCUT2D eigenvalue weighted by Crippen LogP contribution is 1.71. The Morgan fingerprint density at radius 3 is 2.62 bits per heavy atom. The quantitative estimate of drug-likeness (QED) is 0.535. The third-order valence-electron chi connectivity index (χ3n) is 0.536. The van der Waals surface area contributed by atoms with Crippen molar-refractivity contribution in [3.63, 3.8) is 0 Å². The van der Waals surface area contributed by atoms with E-state index in [2.05, 4.69) is 17.4 Å². The van der Waals surface area contributed by atoms with Crippen LogP contribution in [-0.4, -0.2) is 0 Å². The first-order valence-electron chi connectivity index (χ1n) is 2.55. The molecule has 2 nitrogen and oxygen atoms in total. The minimum atomic E-state index is 0.906. The van der Waals surface area contributed by atoms with E-state index in [1.807, 2.05) is 19.9 Å². The van der Waals surface area contributed by atoms with E-state index >= 15 is 0 Å². The maximum Gasteiger partial charge on any atom is 0.0211 e. The summed E-state index contributed by atoms with van der Waals surface area (Å²) >= 11 is 0. The molecule has 0 heterocycles. The van der Waals surface area contributed by atoms with Gasteiger partial charge in [-0.25, -0.2) is 0 Å². The van der Waals surface area contributed by atoms with Crippen LogP contribution in [0.15, 0.2) is 24.6 Å². The van der Waals surface area contributed by atoms with E-state index in [4.69, 9.17) is 0 Å². The first-order valence-corrected chi connectivity index (χ1v) is 2.55. The molecule has 0 aromatic carbocycles. The molecule has 0 spiro atoms. The van der Waals surface area contributed by atoms with Gasteiger partial charge in [0.25, 0.3) is 0 Å². The van der Waals surface area contributed by atoms with Crippen molar-refractivity contribution < 1.29 is 0 Å². The predicted molar refractivity (Wildman–Crippen MR) is 35.9 cm³/mol. The highest BCUT2D eigenvalue weighted by atomic mass is 15.3. The minimum Gasteiger partial charge on any atom is -0.309 e. The fourth-order valence-electron chi connectivity index (χ4n) is 0.248. The summed E-state index contributed by atoms with van der Waals surface area (Å²) in [4.78, 5) is 0. The van der Waals surface area contributed by atoms with E-state index in [0.717, 1.165) is 5.70 Å². The third-order valence-corrected chi connectivity index (χ3v) is 0.536. The molecule has 0 saturated heterocycles. The highest BCUT2D eigenvalue weighted by Gasteiger charge is 1.71. The molecule has 0 aliphatic carbocycles. The van der Waals surface area contributed by atoms with E-state index in [9.17, 15) is 0 Å². The number of hydrazine groups is 1. The van der Waals surface area contributed by atoms with E-state index in [1.54, 1.807) is 6.20 Å². The summed E-state index contributed by atoms with van der Waals surface area (Å²) in [5, 5.41) is 0. The standard InChI is InChI=1S/C6H12N2/c1-4-5-7-8-6(2)3/h4-5,7-8H,2H2,1,3H3/b5-4-. The average Bonchev–Trinajstić information content (AvgIpc) is 1.66. The molecule has 46 valence electrons. The number of allylic oxidation sites excluding steroid dienone is 2. The second kappa shape index (κ2) is 4.24. The molecule has 2 N–H and O–H groups in total. The Kier molecular flexibility index (Phi) is 3.76. The zero-order chi connectivity index (χ0) is 6.41. The van der Waals surface area contributed by atoms with Gasteiger partial charge in [0.05, 0.1) is 0 Å². The zero-order valence-corrected chi connectivity index (χ0v) is 5.36. The molecule has 8 heavy (non-hydrogen) atoms. The van der Waals surface area contributed by atoms with Gasteiger partial charge in [-0.05, 0) is 13.8 Å². The van der Waals surface area contributed by atoms with Crippen LogP contribution in [0.2, 0.25) is 0 Å². The molecule has 0 saturated carbocycles. The lowest BCUT2D eigenvalue weighted by molar-refractivity contribution is 0.732. The van der Waals surface area contributed by atoms with Gasteiger partial charge >= 0.3 is 0 Å². The fourth-order valence-corrected chi connectivity index (χ4v) is 0.248. The van der Waals surface area contributed by atoms with Gasteiger partial charge in [-0.3, -0.25) is 0 Å². The maximum absolute atomic E-state index is 3.62. The molecule has 2 heteroatoms. The van der Waals surface area contributed by atoms with Gasteiger partial charge in [0.2, 0.25) is 0 Å². The Hall–Kier alpha value is -0.920. The number of hydrogen-bond acceptors (Lipinski definition) is 2. The van der Waals surface area contributed by atoms with Crippen LogP contribution in [0.4, 0.5) is 0 Å². The molecule has 0 atom stereocenters. The van der Waals surface area contributed by atoms with E-state index in [0.29, 0.717) is 0 Å². The summed E-state index contributed by atoms with van der Waals surface area (Å²) < 4.78 is 0. The van der Waals surface area contributed by atoms with Crippen molar-refractivity contribution in [1.82, 2.24) is 10.9 Å². The van der Waals surface area contributed by atoms with Gasteiger partial charge in [-0.1, -0.05) is 12.7 Å². The van der Waals surface area contributed by atoms with E-state index < -0.39 is 0 Å². The van der Waals surface area contributed by atoms with Gasteiger partial charge < -0.3 is 10.9 Å². The molecule has 0 bridgehead atoms. The Morgan fingerprint density at radius 1 is 1.62 bits per heavy atom. The average molecular weight is 112 g/mol. The lowest BCUT2D eigenvalue weighted by atomic mass is 10.6. The summed E-state index contributed by atoms with van der Waals surface area (Å²) in [6, 6.07) is 0. The number of rotatable bonds is 3. The predicted octanol–water partition coefficient (Wildman–Crippen LogP) is 1.15. The summed E-state index contributed by atoms with van der Waals surface area (Å²) in [5.41, 5.74) is 6.53. The van der Waals surface area contributed by atoms with Crippen LogP contribution in [0.25, 0.3) is 0 Å². The first kappa shape index (κ1) is 7.08. The van der Waals surface area contributed by atoms with Crippen molar-refractivity contribution in [2.45, 2.75) is 13.8 Å². The number of hydrogen-bond donors (Lipinski definition) is 2. The lowest BCUT2D eigenvalue weighted by Gasteiger charge is -2.01. The van der Waals surface area contributed by atoms with Crippen LogP contribution >= 0.6 is 0 Å². The molecule has 0 aromatic heterocycles. The SMILES string of the molecule is C=C(C)NN/C=C\C. The molecule has 0 rings (SSSR count). The molecule has 0 radical (unpaired) electrons. The second-order valence-electron chi connectivity index (χ2n) is 1.55. The Morgan fingerprint density at radius 2 is 2.25 bits per heavy atom. The summed E-state index contributed by atoms with van der Waals surface area (Å²) in [7, 11) is 0. The molecule has 0 amide bonds. The van der Waals surface area contributed by atoms with Crippen molar-refractivity contribution in [3.8, 4) is 0 Å². The molecule has 0 fully saturated rings. The molecular weight excluding hydrogens is 100 g/mol. The summed E-state index contributed by atoms with van der Waals surface area (Å²) in [6.07, 6.45) is 3.70. The highest BCUT2D eigenvalue weighted by molar-refractivity contribution is 4.84. The van der Waals surface area contributed by atoms with Crippen molar-refractivity contribution in [2.24, 2.45) is 0 Å². The molecule has 0 aliphatic rings. The molecule has 0 aromatic rings. The minimum absolute atomic E-state index is 0.906. The van der Waals surface area contributed by atoms with Gasteiger partial charge in [-0.2, -0.15) is 0 Å². The van der Waals surface area contributed by atoms with Crippen LogP contribution in [0.1, 0.15) is 13.8 Å². The number of nitrogens with one attached hydrogen (secondary N) is 2. The van der Waals surface area contributed by atoms with E-state index in [1.165, 1.54) is 0 Å². The third kappa shape index (κ3) is 5.08. The van der Waals surface area contributed by atoms with Gasteiger partial charge in [0.15, 0.2) is 0 Å². The molecule has 0 aliphatic heterocycles. The lowest BCUT2D eigenvalue weighted by Crippen LogP contribution is -2.23. The van der Waals surface area contributed by atoms with Crippen LogP contribution < -0.4 is 10.9 Å². The summed E-state index contributed by atoms with van der Waals surface area (Å²) in [5.74, 6) is 0. The Bertz CT molecular complexity index is 94.7. The first-order chi connectivity index (χ1) is 3.77. The largest absolute Gasteiger partial charge is 0.309 e. The van der Waals surface area contributed by atoms with Gasteiger partial charge in [-0.15, -0.1) is 0 Å². The van der Waals surface area contributed by atoms with Crippen LogP contribution in [0.5, 0.6) is 0 Å². The molecule has 0 unspecified atom stereocenters. The monoisotopic (exact) mass is 112 g/mol. The Labute approximate surface area is 50.3 Å². The van der Waals surface area contributed by atoms with Gasteiger partial charge in [0, 0.05) is 11.9 Å². The summed E-state index contributed by atoms with van der Waals surface area (Å²) in [6.45, 7) is 7.44.